The Bertz CT molecular complexity index is 791. The third-order valence-electron chi connectivity index (χ3n) is 5.75. The highest BCUT2D eigenvalue weighted by molar-refractivity contribution is 5.76. The number of phenols is 1. The van der Waals surface area contributed by atoms with Crippen molar-refractivity contribution in [2.45, 2.75) is 50.8 Å². The van der Waals surface area contributed by atoms with Crippen LogP contribution in [0.3, 0.4) is 0 Å². The molecule has 28 heavy (non-hydrogen) atoms. The van der Waals surface area contributed by atoms with Crippen molar-refractivity contribution in [3.63, 3.8) is 0 Å². The maximum absolute atomic E-state index is 12.6. The number of benzene rings is 2. The molecule has 0 radical (unpaired) electrons. The first-order chi connectivity index (χ1) is 13.5. The quantitative estimate of drug-likeness (QED) is 0.656. The lowest BCUT2D eigenvalue weighted by Crippen LogP contribution is -2.37. The number of fused-ring (bicyclic) bond motifs is 1. The Balaban J connectivity index is 1.58. The average molecular weight is 383 g/mol. The predicted molar refractivity (Wildman–Crippen MR) is 110 cm³/mol. The molecule has 150 valence electrons. The van der Waals surface area contributed by atoms with E-state index in [1.165, 1.54) is 0 Å². The van der Waals surface area contributed by atoms with Crippen LogP contribution in [-0.2, 0) is 17.6 Å². The summed E-state index contributed by atoms with van der Waals surface area (Å²) in [7, 11) is 2.07. The van der Waals surface area contributed by atoms with E-state index in [9.17, 15) is 15.0 Å². The number of rotatable bonds is 8. The molecule has 0 aromatic heterocycles. The van der Waals surface area contributed by atoms with Gasteiger partial charge in [0.25, 0.3) is 0 Å². The number of aromatic hydroxyl groups is 1. The minimum atomic E-state index is -0.563. The maximum Gasteiger partial charge on any atom is 0.220 e. The number of aliphatic hydroxyl groups is 1. The van der Waals surface area contributed by atoms with E-state index in [0.717, 1.165) is 36.1 Å². The zero-order valence-electron chi connectivity index (χ0n) is 16.6. The van der Waals surface area contributed by atoms with E-state index in [-0.39, 0.29) is 23.7 Å². The van der Waals surface area contributed by atoms with E-state index in [4.69, 9.17) is 0 Å². The number of carbonyl (C=O) groups excluding carboxylic acids is 1. The third-order valence-corrected chi connectivity index (χ3v) is 5.75. The zero-order valence-corrected chi connectivity index (χ0v) is 16.6. The smallest absolute Gasteiger partial charge is 0.220 e. The molecule has 0 aliphatic heterocycles. The second kappa shape index (κ2) is 9.22. The lowest BCUT2D eigenvalue weighted by atomic mass is 10.00. The second-order valence-corrected chi connectivity index (χ2v) is 7.65. The molecule has 1 aliphatic rings. The monoisotopic (exact) mass is 382 g/mol. The number of carbonyl (C=O) groups is 1. The molecule has 1 aliphatic carbocycles. The SMILES string of the molecule is CCN(C)[C@H](CCC(=O)N[C@@H]1c2ccccc2C[C@@H]1O)Cc1ccc(O)cc1. The van der Waals surface area contributed by atoms with Crippen LogP contribution >= 0.6 is 0 Å². The van der Waals surface area contributed by atoms with Gasteiger partial charge < -0.3 is 20.4 Å². The van der Waals surface area contributed by atoms with Gasteiger partial charge in [-0.2, -0.15) is 0 Å². The van der Waals surface area contributed by atoms with Gasteiger partial charge in [-0.3, -0.25) is 4.79 Å². The van der Waals surface area contributed by atoms with Crippen molar-refractivity contribution in [2.75, 3.05) is 13.6 Å². The average Bonchev–Trinajstić information content (AvgIpc) is 3.01. The molecule has 5 heteroatoms. The van der Waals surface area contributed by atoms with Gasteiger partial charge in [0.2, 0.25) is 5.91 Å². The topological polar surface area (TPSA) is 72.8 Å². The highest BCUT2D eigenvalue weighted by Gasteiger charge is 2.31. The fourth-order valence-corrected chi connectivity index (χ4v) is 3.93. The summed E-state index contributed by atoms with van der Waals surface area (Å²) < 4.78 is 0. The molecule has 0 unspecified atom stereocenters. The maximum atomic E-state index is 12.6. The molecule has 0 saturated carbocycles. The van der Waals surface area contributed by atoms with Crippen molar-refractivity contribution < 1.29 is 15.0 Å². The van der Waals surface area contributed by atoms with Gasteiger partial charge in [0.05, 0.1) is 12.1 Å². The molecule has 0 heterocycles. The van der Waals surface area contributed by atoms with Crippen LogP contribution in [0.1, 0.15) is 42.5 Å². The van der Waals surface area contributed by atoms with Crippen LogP contribution < -0.4 is 5.32 Å². The van der Waals surface area contributed by atoms with Gasteiger partial charge in [-0.15, -0.1) is 0 Å². The van der Waals surface area contributed by atoms with Gasteiger partial charge in [0.15, 0.2) is 0 Å². The Morgan fingerprint density at radius 2 is 1.93 bits per heavy atom. The first-order valence-corrected chi connectivity index (χ1v) is 10.0. The molecule has 3 rings (SSSR count). The molecule has 3 atom stereocenters. The van der Waals surface area contributed by atoms with Gasteiger partial charge in [-0.1, -0.05) is 43.3 Å². The molecule has 0 fully saturated rings. The number of phenolic OH excluding ortho intramolecular Hbond substituents is 1. The van der Waals surface area contributed by atoms with Gasteiger partial charge in [0.1, 0.15) is 5.75 Å². The number of aliphatic hydroxyl groups excluding tert-OH is 1. The van der Waals surface area contributed by atoms with Gasteiger partial charge in [-0.25, -0.2) is 0 Å². The number of amides is 1. The van der Waals surface area contributed by atoms with Crippen molar-refractivity contribution in [1.82, 2.24) is 10.2 Å². The van der Waals surface area contributed by atoms with Crippen LogP contribution in [0.5, 0.6) is 5.75 Å². The summed E-state index contributed by atoms with van der Waals surface area (Å²) in [6.07, 6.45) is 2.00. The van der Waals surface area contributed by atoms with E-state index >= 15 is 0 Å². The molecule has 0 spiro atoms. The third kappa shape index (κ3) is 4.91. The standard InChI is InChI=1S/C23H30N2O3/c1-3-25(2)18(14-16-8-11-19(26)12-9-16)10-13-22(28)24-23-20-7-5-4-6-17(20)15-21(23)27/h4-9,11-12,18,21,23,26-27H,3,10,13-15H2,1-2H3,(H,24,28)/t18-,21+,23-/m1/s1. The molecular formula is C23H30N2O3. The summed E-state index contributed by atoms with van der Waals surface area (Å²) in [5, 5.41) is 22.8. The summed E-state index contributed by atoms with van der Waals surface area (Å²) >= 11 is 0. The largest absolute Gasteiger partial charge is 0.508 e. The number of nitrogens with one attached hydrogen (secondary N) is 1. The Labute approximate surface area is 167 Å². The first kappa shape index (κ1) is 20.4. The normalized spacial score (nSPS) is 19.4. The summed E-state index contributed by atoms with van der Waals surface area (Å²) in [6, 6.07) is 15.1. The Hall–Kier alpha value is -2.37. The van der Waals surface area contributed by atoms with E-state index in [1.54, 1.807) is 12.1 Å². The Morgan fingerprint density at radius 3 is 2.64 bits per heavy atom. The minimum absolute atomic E-state index is 0.0269. The van der Waals surface area contributed by atoms with Crippen molar-refractivity contribution >= 4 is 5.91 Å². The Morgan fingerprint density at radius 1 is 1.21 bits per heavy atom. The van der Waals surface area contributed by atoms with Crippen molar-refractivity contribution in [1.29, 1.82) is 0 Å². The molecule has 2 aromatic carbocycles. The van der Waals surface area contributed by atoms with Crippen molar-refractivity contribution in [2.24, 2.45) is 0 Å². The van der Waals surface area contributed by atoms with E-state index in [0.29, 0.717) is 12.8 Å². The second-order valence-electron chi connectivity index (χ2n) is 7.65. The van der Waals surface area contributed by atoms with Crippen LogP contribution in [-0.4, -0.2) is 46.8 Å². The highest BCUT2D eigenvalue weighted by atomic mass is 16.3. The lowest BCUT2D eigenvalue weighted by Gasteiger charge is -2.27. The lowest BCUT2D eigenvalue weighted by molar-refractivity contribution is -0.123. The fraction of sp³-hybridized carbons (Fsp3) is 0.435. The number of hydrogen-bond donors (Lipinski definition) is 3. The number of hydrogen-bond acceptors (Lipinski definition) is 4. The first-order valence-electron chi connectivity index (χ1n) is 10.0. The van der Waals surface area contributed by atoms with Crippen LogP contribution in [0.4, 0.5) is 0 Å². The molecule has 0 bridgehead atoms. The number of likely N-dealkylation sites (N-methyl/N-ethyl adjacent to an activating group) is 1. The summed E-state index contributed by atoms with van der Waals surface area (Å²) in [5.41, 5.74) is 3.27. The molecule has 3 N–H and O–H groups in total. The van der Waals surface area contributed by atoms with E-state index in [1.807, 2.05) is 36.4 Å². The number of nitrogens with zero attached hydrogens (tertiary/aromatic N) is 1. The minimum Gasteiger partial charge on any atom is -0.508 e. The van der Waals surface area contributed by atoms with E-state index in [2.05, 4.69) is 24.2 Å². The van der Waals surface area contributed by atoms with E-state index < -0.39 is 6.10 Å². The highest BCUT2D eigenvalue weighted by Crippen LogP contribution is 2.31. The van der Waals surface area contributed by atoms with Crippen LogP contribution in [0.15, 0.2) is 48.5 Å². The molecule has 1 amide bonds. The molecule has 2 aromatic rings. The van der Waals surface area contributed by atoms with Crippen molar-refractivity contribution in [3.05, 3.63) is 65.2 Å². The van der Waals surface area contributed by atoms with Crippen LogP contribution in [0, 0.1) is 0 Å². The molecule has 0 saturated heterocycles. The predicted octanol–water partition coefficient (Wildman–Crippen LogP) is 2.81. The summed E-state index contributed by atoms with van der Waals surface area (Å²) in [4.78, 5) is 14.8. The summed E-state index contributed by atoms with van der Waals surface area (Å²) in [6.45, 7) is 3.01. The van der Waals surface area contributed by atoms with Crippen molar-refractivity contribution in [3.8, 4) is 5.75 Å². The fourth-order valence-electron chi connectivity index (χ4n) is 3.93. The molecular weight excluding hydrogens is 352 g/mol. The van der Waals surface area contributed by atoms with Gasteiger partial charge in [0, 0.05) is 18.9 Å². The zero-order chi connectivity index (χ0) is 20.1. The van der Waals surface area contributed by atoms with Gasteiger partial charge >= 0.3 is 0 Å². The van der Waals surface area contributed by atoms with Gasteiger partial charge in [-0.05, 0) is 55.3 Å². The summed E-state index contributed by atoms with van der Waals surface area (Å²) in [5.74, 6) is 0.236. The van der Waals surface area contributed by atoms with Crippen LogP contribution in [0.2, 0.25) is 0 Å². The molecule has 5 nitrogen and oxygen atoms in total. The Kier molecular flexibility index (Phi) is 6.70. The van der Waals surface area contributed by atoms with Crippen LogP contribution in [0.25, 0.3) is 0 Å².